The second-order valence-corrected chi connectivity index (χ2v) is 5.11. The zero-order chi connectivity index (χ0) is 11.9. The van der Waals surface area contributed by atoms with Crippen LogP contribution in [-0.2, 0) is 19.6 Å². The van der Waals surface area contributed by atoms with Gasteiger partial charge in [0.05, 0.1) is 30.3 Å². The summed E-state index contributed by atoms with van der Waals surface area (Å²) in [5.41, 5.74) is 5.12. The summed E-state index contributed by atoms with van der Waals surface area (Å²) in [5, 5.41) is 0. The monoisotopic (exact) mass is 254 g/mol. The standard InChI is InChI=1S/C7H14N2O4S2/c1-2-13-7(10)3-4-15(11,12)9-5-6(8)14/h9H,2-5H2,1H3,(H2,8,14). The summed E-state index contributed by atoms with van der Waals surface area (Å²) in [6, 6.07) is 0. The normalized spacial score (nSPS) is 11.0. The summed E-state index contributed by atoms with van der Waals surface area (Å²) in [6.45, 7) is 1.79. The van der Waals surface area contributed by atoms with Gasteiger partial charge >= 0.3 is 5.97 Å². The van der Waals surface area contributed by atoms with Crippen LogP contribution in [0.3, 0.4) is 0 Å². The van der Waals surface area contributed by atoms with Crippen LogP contribution in [-0.4, -0.2) is 38.3 Å². The molecule has 0 bridgehead atoms. The lowest BCUT2D eigenvalue weighted by molar-refractivity contribution is -0.142. The van der Waals surface area contributed by atoms with E-state index in [0.29, 0.717) is 0 Å². The van der Waals surface area contributed by atoms with Gasteiger partial charge in [-0.05, 0) is 6.92 Å². The fraction of sp³-hybridized carbons (Fsp3) is 0.714. The molecule has 8 heteroatoms. The molecule has 0 atom stereocenters. The highest BCUT2D eigenvalue weighted by Gasteiger charge is 2.13. The van der Waals surface area contributed by atoms with Gasteiger partial charge in [0.2, 0.25) is 10.0 Å². The lowest BCUT2D eigenvalue weighted by atomic mass is 10.5. The van der Waals surface area contributed by atoms with E-state index in [1.54, 1.807) is 6.92 Å². The van der Waals surface area contributed by atoms with Crippen molar-refractivity contribution in [1.82, 2.24) is 4.72 Å². The van der Waals surface area contributed by atoms with Crippen LogP contribution in [0.5, 0.6) is 0 Å². The molecular weight excluding hydrogens is 240 g/mol. The average molecular weight is 254 g/mol. The van der Waals surface area contributed by atoms with Gasteiger partial charge in [-0.25, -0.2) is 13.1 Å². The number of carbonyl (C=O) groups is 1. The van der Waals surface area contributed by atoms with Crippen molar-refractivity contribution in [2.45, 2.75) is 13.3 Å². The van der Waals surface area contributed by atoms with Crippen LogP contribution in [0, 0.1) is 0 Å². The third-order valence-electron chi connectivity index (χ3n) is 1.35. The number of esters is 1. The van der Waals surface area contributed by atoms with Gasteiger partial charge in [0.15, 0.2) is 0 Å². The van der Waals surface area contributed by atoms with E-state index in [-0.39, 0.29) is 30.3 Å². The van der Waals surface area contributed by atoms with Crippen molar-refractivity contribution in [1.29, 1.82) is 0 Å². The molecule has 0 heterocycles. The Hall–Kier alpha value is -0.730. The summed E-state index contributed by atoms with van der Waals surface area (Å²) in [6.07, 6.45) is -0.180. The molecule has 0 spiro atoms. The number of sulfonamides is 1. The van der Waals surface area contributed by atoms with Gasteiger partial charge in [0.1, 0.15) is 0 Å². The molecule has 0 amide bonds. The highest BCUT2D eigenvalue weighted by atomic mass is 32.2. The smallest absolute Gasteiger partial charge is 0.306 e. The molecule has 0 rings (SSSR count). The Morgan fingerprint density at radius 3 is 2.60 bits per heavy atom. The van der Waals surface area contributed by atoms with Crippen LogP contribution < -0.4 is 10.5 Å². The largest absolute Gasteiger partial charge is 0.466 e. The van der Waals surface area contributed by atoms with Crippen LogP contribution in [0.2, 0.25) is 0 Å². The first-order chi connectivity index (χ1) is 6.87. The summed E-state index contributed by atoms with van der Waals surface area (Å²) in [5.74, 6) is -0.868. The maximum atomic E-state index is 11.2. The first-order valence-electron chi connectivity index (χ1n) is 4.28. The molecule has 0 radical (unpaired) electrons. The third-order valence-corrected chi connectivity index (χ3v) is 2.82. The van der Waals surface area contributed by atoms with Crippen LogP contribution >= 0.6 is 12.2 Å². The maximum Gasteiger partial charge on any atom is 0.306 e. The van der Waals surface area contributed by atoms with Gasteiger partial charge in [0.25, 0.3) is 0 Å². The number of ether oxygens (including phenoxy) is 1. The summed E-state index contributed by atoms with van der Waals surface area (Å²) >= 11 is 4.50. The lowest BCUT2D eigenvalue weighted by Crippen LogP contribution is -2.34. The summed E-state index contributed by atoms with van der Waals surface area (Å²) < 4.78 is 29.2. The predicted molar refractivity (Wildman–Crippen MR) is 59.8 cm³/mol. The Morgan fingerprint density at radius 2 is 2.13 bits per heavy atom. The van der Waals surface area contributed by atoms with Gasteiger partial charge in [-0.2, -0.15) is 0 Å². The zero-order valence-electron chi connectivity index (χ0n) is 8.36. The van der Waals surface area contributed by atoms with E-state index in [1.807, 2.05) is 0 Å². The van der Waals surface area contributed by atoms with E-state index in [0.717, 1.165) is 0 Å². The van der Waals surface area contributed by atoms with Crippen LogP contribution in [0.1, 0.15) is 13.3 Å². The number of nitrogens with two attached hydrogens (primary N) is 1. The molecule has 88 valence electrons. The van der Waals surface area contributed by atoms with Gasteiger partial charge < -0.3 is 10.5 Å². The second-order valence-electron chi connectivity index (χ2n) is 2.66. The number of hydrogen-bond donors (Lipinski definition) is 2. The minimum absolute atomic E-state index is 0.0507. The van der Waals surface area contributed by atoms with Crippen molar-refractivity contribution >= 4 is 33.2 Å². The maximum absolute atomic E-state index is 11.2. The van der Waals surface area contributed by atoms with E-state index in [9.17, 15) is 13.2 Å². The van der Waals surface area contributed by atoms with Crippen LogP contribution in [0.4, 0.5) is 0 Å². The highest BCUT2D eigenvalue weighted by Crippen LogP contribution is 1.92. The molecule has 0 aromatic rings. The van der Waals surface area contributed by atoms with Crippen molar-refractivity contribution in [2.24, 2.45) is 5.73 Å². The lowest BCUT2D eigenvalue weighted by Gasteiger charge is -2.05. The number of hydrogen-bond acceptors (Lipinski definition) is 5. The van der Waals surface area contributed by atoms with Crippen LogP contribution in [0.25, 0.3) is 0 Å². The molecule has 0 unspecified atom stereocenters. The first-order valence-corrected chi connectivity index (χ1v) is 6.34. The highest BCUT2D eigenvalue weighted by molar-refractivity contribution is 7.89. The zero-order valence-corrected chi connectivity index (χ0v) is 9.99. The Bertz CT molecular complexity index is 326. The van der Waals surface area contributed by atoms with E-state index in [2.05, 4.69) is 21.7 Å². The fourth-order valence-corrected chi connectivity index (χ4v) is 1.82. The van der Waals surface area contributed by atoms with Gasteiger partial charge in [0, 0.05) is 0 Å². The number of carbonyl (C=O) groups excluding carboxylic acids is 1. The predicted octanol–water partition coefficient (Wildman–Crippen LogP) is -0.855. The van der Waals surface area contributed by atoms with Gasteiger partial charge in [-0.3, -0.25) is 4.79 Å². The van der Waals surface area contributed by atoms with Crippen molar-refractivity contribution in [3.05, 3.63) is 0 Å². The third kappa shape index (κ3) is 8.28. The SMILES string of the molecule is CCOC(=O)CCS(=O)(=O)NCC(N)=S. The topological polar surface area (TPSA) is 98.5 Å². The van der Waals surface area contributed by atoms with E-state index < -0.39 is 16.0 Å². The average Bonchev–Trinajstić information content (AvgIpc) is 2.13. The molecule has 15 heavy (non-hydrogen) atoms. The molecule has 3 N–H and O–H groups in total. The molecule has 0 aromatic heterocycles. The number of thiocarbonyl (C=S) groups is 1. The number of nitrogens with one attached hydrogen (secondary N) is 1. The fourth-order valence-electron chi connectivity index (χ4n) is 0.704. The van der Waals surface area contributed by atoms with E-state index >= 15 is 0 Å². The molecule has 0 aliphatic heterocycles. The van der Waals surface area contributed by atoms with Crippen molar-refractivity contribution in [3.8, 4) is 0 Å². The molecule has 0 aliphatic rings. The quantitative estimate of drug-likeness (QED) is 0.453. The van der Waals surface area contributed by atoms with Gasteiger partial charge in [-0.1, -0.05) is 12.2 Å². The van der Waals surface area contributed by atoms with Crippen LogP contribution in [0.15, 0.2) is 0 Å². The van der Waals surface area contributed by atoms with Crippen molar-refractivity contribution < 1.29 is 17.9 Å². The molecular formula is C7H14N2O4S2. The van der Waals surface area contributed by atoms with E-state index in [4.69, 9.17) is 5.73 Å². The van der Waals surface area contributed by atoms with Crippen molar-refractivity contribution in [2.75, 3.05) is 18.9 Å². The Kier molecular flexibility index (Phi) is 6.37. The second kappa shape index (κ2) is 6.70. The first kappa shape index (κ1) is 14.3. The molecule has 0 saturated heterocycles. The summed E-state index contributed by atoms with van der Waals surface area (Å²) in [7, 11) is -3.51. The Morgan fingerprint density at radius 1 is 1.53 bits per heavy atom. The summed E-state index contributed by atoms with van der Waals surface area (Å²) in [4.78, 5) is 10.9. The van der Waals surface area contributed by atoms with Crippen molar-refractivity contribution in [3.63, 3.8) is 0 Å². The Balaban J connectivity index is 3.94. The minimum atomic E-state index is -3.51. The molecule has 0 aromatic carbocycles. The molecule has 6 nitrogen and oxygen atoms in total. The molecule has 0 fully saturated rings. The minimum Gasteiger partial charge on any atom is -0.466 e. The number of rotatable bonds is 7. The Labute approximate surface area is 94.2 Å². The van der Waals surface area contributed by atoms with E-state index in [1.165, 1.54) is 0 Å². The molecule has 0 saturated carbocycles. The molecule has 0 aliphatic carbocycles. The van der Waals surface area contributed by atoms with Gasteiger partial charge in [-0.15, -0.1) is 0 Å².